The fourth-order valence-electron chi connectivity index (χ4n) is 4.49. The van der Waals surface area contributed by atoms with Gasteiger partial charge in [-0.2, -0.15) is 4.98 Å². The molecule has 1 atom stereocenters. The zero-order valence-electron chi connectivity index (χ0n) is 20.5. The van der Waals surface area contributed by atoms with Crippen LogP contribution in [0.2, 0.25) is 0 Å². The van der Waals surface area contributed by atoms with E-state index in [-0.39, 0.29) is 11.9 Å². The average molecular weight is 499 g/mol. The maximum Gasteiger partial charge on any atom is 0.258 e. The number of allylic oxidation sites excluding steroid dienone is 1. The van der Waals surface area contributed by atoms with Gasteiger partial charge in [-0.15, -0.1) is 0 Å². The van der Waals surface area contributed by atoms with Crippen molar-refractivity contribution >= 4 is 28.6 Å². The van der Waals surface area contributed by atoms with Crippen LogP contribution in [-0.4, -0.2) is 15.3 Å². The lowest BCUT2D eigenvalue weighted by molar-refractivity contribution is 0.404. The SMILES string of the molecule is CCc1ccc(C2NC(=S)N(c3ccc(CC)cc3)C(C)=C2c2nc(-c3cccc(F)c3)no2)cc1. The van der Waals surface area contributed by atoms with Crippen LogP contribution in [0.3, 0.4) is 0 Å². The Bertz CT molecular complexity index is 1430. The van der Waals surface area contributed by atoms with Crippen LogP contribution in [0.4, 0.5) is 10.1 Å². The van der Waals surface area contributed by atoms with Crippen LogP contribution >= 0.6 is 12.2 Å². The first-order valence-electron chi connectivity index (χ1n) is 12.1. The summed E-state index contributed by atoms with van der Waals surface area (Å²) < 4.78 is 19.6. The summed E-state index contributed by atoms with van der Waals surface area (Å²) in [6, 6.07) is 22.7. The summed E-state index contributed by atoms with van der Waals surface area (Å²) in [6.07, 6.45) is 1.92. The molecule has 0 bridgehead atoms. The van der Waals surface area contributed by atoms with Gasteiger partial charge >= 0.3 is 0 Å². The van der Waals surface area contributed by atoms with Crippen LogP contribution in [0.25, 0.3) is 17.0 Å². The number of aryl methyl sites for hydroxylation is 2. The number of rotatable bonds is 6. The number of hydrogen-bond donors (Lipinski definition) is 1. The van der Waals surface area contributed by atoms with Crippen molar-refractivity contribution < 1.29 is 8.91 Å². The highest BCUT2D eigenvalue weighted by atomic mass is 32.1. The zero-order valence-corrected chi connectivity index (χ0v) is 21.3. The van der Waals surface area contributed by atoms with E-state index in [4.69, 9.17) is 16.7 Å². The van der Waals surface area contributed by atoms with Gasteiger partial charge in [0, 0.05) is 16.9 Å². The van der Waals surface area contributed by atoms with Crippen molar-refractivity contribution in [2.45, 2.75) is 39.7 Å². The molecule has 2 heterocycles. The van der Waals surface area contributed by atoms with Gasteiger partial charge < -0.3 is 9.84 Å². The first kappa shape index (κ1) is 23.9. The van der Waals surface area contributed by atoms with E-state index >= 15 is 0 Å². The number of halogens is 1. The molecule has 0 aliphatic carbocycles. The number of nitrogens with zero attached hydrogens (tertiary/aromatic N) is 3. The molecule has 1 unspecified atom stereocenters. The predicted molar refractivity (Wildman–Crippen MR) is 145 cm³/mol. The highest BCUT2D eigenvalue weighted by Crippen LogP contribution is 2.39. The molecule has 0 fully saturated rings. The molecule has 0 spiro atoms. The lowest BCUT2D eigenvalue weighted by atomic mass is 9.93. The second kappa shape index (κ2) is 10.0. The number of anilines is 1. The number of benzene rings is 3. The third-order valence-corrected chi connectivity index (χ3v) is 6.85. The summed E-state index contributed by atoms with van der Waals surface area (Å²) >= 11 is 5.84. The minimum Gasteiger partial charge on any atom is -0.351 e. The van der Waals surface area contributed by atoms with Gasteiger partial charge in [0.25, 0.3) is 5.89 Å². The lowest BCUT2D eigenvalue weighted by Crippen LogP contribution is -2.46. The summed E-state index contributed by atoms with van der Waals surface area (Å²) in [4.78, 5) is 6.67. The molecule has 5 rings (SSSR count). The summed E-state index contributed by atoms with van der Waals surface area (Å²) in [5.41, 5.74) is 6.76. The molecule has 1 aliphatic heterocycles. The fraction of sp³-hybridized carbons (Fsp3) is 0.207. The van der Waals surface area contributed by atoms with Gasteiger partial charge in [-0.3, -0.25) is 4.90 Å². The highest BCUT2D eigenvalue weighted by Gasteiger charge is 2.34. The Morgan fingerprint density at radius 1 is 0.972 bits per heavy atom. The van der Waals surface area contributed by atoms with Crippen LogP contribution in [0.1, 0.15) is 49.4 Å². The topological polar surface area (TPSA) is 54.2 Å². The summed E-state index contributed by atoms with van der Waals surface area (Å²) in [5.74, 6) is 0.341. The van der Waals surface area contributed by atoms with Gasteiger partial charge in [0.15, 0.2) is 5.11 Å². The van der Waals surface area contributed by atoms with E-state index in [0.29, 0.717) is 22.4 Å². The van der Waals surface area contributed by atoms with Crippen molar-refractivity contribution in [1.82, 2.24) is 15.5 Å². The molecule has 4 aromatic rings. The molecule has 7 heteroatoms. The monoisotopic (exact) mass is 498 g/mol. The maximum atomic E-state index is 13.8. The molecule has 0 radical (unpaired) electrons. The van der Waals surface area contributed by atoms with Crippen molar-refractivity contribution in [3.63, 3.8) is 0 Å². The Kier molecular flexibility index (Phi) is 6.65. The van der Waals surface area contributed by atoms with E-state index in [1.165, 1.54) is 23.3 Å². The molecule has 0 saturated carbocycles. The van der Waals surface area contributed by atoms with E-state index in [0.717, 1.165) is 35.4 Å². The Labute approximate surface area is 215 Å². The molecule has 0 amide bonds. The minimum absolute atomic E-state index is 0.282. The largest absolute Gasteiger partial charge is 0.351 e. The van der Waals surface area contributed by atoms with E-state index < -0.39 is 0 Å². The normalized spacial score (nSPS) is 15.8. The minimum atomic E-state index is -0.352. The Balaban J connectivity index is 1.63. The Morgan fingerprint density at radius 3 is 2.28 bits per heavy atom. The van der Waals surface area contributed by atoms with Gasteiger partial charge in [0.2, 0.25) is 5.82 Å². The van der Waals surface area contributed by atoms with Crippen LogP contribution in [0.5, 0.6) is 0 Å². The molecule has 36 heavy (non-hydrogen) atoms. The Hall–Kier alpha value is -3.84. The van der Waals surface area contributed by atoms with Crippen molar-refractivity contribution in [3.05, 3.63) is 107 Å². The summed E-state index contributed by atoms with van der Waals surface area (Å²) in [7, 11) is 0. The quantitative estimate of drug-likeness (QED) is 0.293. The summed E-state index contributed by atoms with van der Waals surface area (Å²) in [5, 5.41) is 8.25. The molecule has 0 saturated heterocycles. The van der Waals surface area contributed by atoms with Gasteiger partial charge in [-0.05, 0) is 72.9 Å². The second-order valence-electron chi connectivity index (χ2n) is 8.77. The summed E-state index contributed by atoms with van der Waals surface area (Å²) in [6.45, 7) is 6.27. The van der Waals surface area contributed by atoms with Crippen molar-refractivity contribution in [1.29, 1.82) is 0 Å². The van der Waals surface area contributed by atoms with Crippen molar-refractivity contribution in [2.24, 2.45) is 0 Å². The molecule has 5 nitrogen and oxygen atoms in total. The smallest absolute Gasteiger partial charge is 0.258 e. The standard InChI is InChI=1S/C29H27FN4OS/c1-4-19-9-13-21(14-10-19)26-25(28-32-27(33-35-28)22-7-6-8-23(30)17-22)18(3)34(29(36)31-26)24-15-11-20(5-2)12-16-24/h6-17,26H,4-5H2,1-3H3,(H,31,36). The number of aromatic nitrogens is 2. The van der Waals surface area contributed by atoms with Gasteiger partial charge in [-0.1, -0.05) is 67.5 Å². The van der Waals surface area contributed by atoms with E-state index in [1.54, 1.807) is 12.1 Å². The molecule has 182 valence electrons. The first-order valence-corrected chi connectivity index (χ1v) is 12.5. The molecule has 1 N–H and O–H groups in total. The molecule has 1 aliphatic rings. The van der Waals surface area contributed by atoms with Crippen molar-refractivity contribution in [3.8, 4) is 11.4 Å². The molecular formula is C29H27FN4OS. The number of nitrogens with one attached hydrogen (secondary N) is 1. The molecule has 1 aromatic heterocycles. The Morgan fingerprint density at radius 2 is 1.64 bits per heavy atom. The predicted octanol–water partition coefficient (Wildman–Crippen LogP) is 6.87. The third-order valence-electron chi connectivity index (χ3n) is 6.55. The zero-order chi connectivity index (χ0) is 25.2. The maximum absolute atomic E-state index is 13.8. The van der Waals surface area contributed by atoms with Crippen LogP contribution in [0.15, 0.2) is 83.0 Å². The highest BCUT2D eigenvalue weighted by molar-refractivity contribution is 7.80. The second-order valence-corrected chi connectivity index (χ2v) is 9.15. The fourth-order valence-corrected chi connectivity index (χ4v) is 4.85. The average Bonchev–Trinajstić information content (AvgIpc) is 3.39. The van der Waals surface area contributed by atoms with Crippen LogP contribution in [-0.2, 0) is 12.8 Å². The van der Waals surface area contributed by atoms with E-state index in [9.17, 15) is 4.39 Å². The van der Waals surface area contributed by atoms with Gasteiger partial charge in [0.1, 0.15) is 5.82 Å². The van der Waals surface area contributed by atoms with Gasteiger partial charge in [0.05, 0.1) is 11.6 Å². The number of hydrogen-bond acceptors (Lipinski definition) is 4. The lowest BCUT2D eigenvalue weighted by Gasteiger charge is -2.37. The molecular weight excluding hydrogens is 471 g/mol. The third kappa shape index (κ3) is 4.54. The van der Waals surface area contributed by atoms with E-state index in [2.05, 4.69) is 77.8 Å². The van der Waals surface area contributed by atoms with Crippen molar-refractivity contribution in [2.75, 3.05) is 4.90 Å². The first-order chi connectivity index (χ1) is 17.5. The van der Waals surface area contributed by atoms with Gasteiger partial charge in [-0.25, -0.2) is 4.39 Å². The van der Waals surface area contributed by atoms with Crippen LogP contribution < -0.4 is 10.2 Å². The van der Waals surface area contributed by atoms with E-state index in [1.807, 2.05) is 11.8 Å². The van der Waals surface area contributed by atoms with Crippen LogP contribution in [0, 0.1) is 5.82 Å². The number of thiocarbonyl (C=S) groups is 1. The molecule has 3 aromatic carbocycles.